The van der Waals surface area contributed by atoms with Gasteiger partial charge in [0.15, 0.2) is 4.77 Å². The summed E-state index contributed by atoms with van der Waals surface area (Å²) in [6, 6.07) is 0. The zero-order chi connectivity index (χ0) is 8.10. The standard InChI is InChI=1S/C6H10FN3S/c7-3-1-2-4-10-5-8-9-6(10)11/h5H,1-4H2,(H,9,11). The Morgan fingerprint density at radius 3 is 3.00 bits per heavy atom. The van der Waals surface area contributed by atoms with Crippen LogP contribution in [0.4, 0.5) is 4.39 Å². The molecular formula is C6H10FN3S. The molecule has 11 heavy (non-hydrogen) atoms. The molecule has 62 valence electrons. The highest BCUT2D eigenvalue weighted by molar-refractivity contribution is 7.71. The summed E-state index contributed by atoms with van der Waals surface area (Å²) in [6.07, 6.45) is 3.03. The van der Waals surface area contributed by atoms with Crippen molar-refractivity contribution in [3.8, 4) is 0 Å². The highest BCUT2D eigenvalue weighted by Gasteiger charge is 1.92. The van der Waals surface area contributed by atoms with Gasteiger partial charge in [-0.05, 0) is 25.1 Å². The molecule has 0 saturated heterocycles. The molecule has 0 saturated carbocycles. The van der Waals surface area contributed by atoms with E-state index >= 15 is 0 Å². The molecule has 0 aliphatic heterocycles. The Bertz CT molecular complexity index is 254. The zero-order valence-corrected chi connectivity index (χ0v) is 6.90. The number of H-pyrrole nitrogens is 1. The van der Waals surface area contributed by atoms with Gasteiger partial charge in [-0.3, -0.25) is 9.49 Å². The van der Waals surface area contributed by atoms with E-state index in [0.717, 1.165) is 13.0 Å². The molecule has 1 N–H and O–H groups in total. The summed E-state index contributed by atoms with van der Waals surface area (Å²) in [7, 11) is 0. The van der Waals surface area contributed by atoms with Gasteiger partial charge in [0.25, 0.3) is 0 Å². The quantitative estimate of drug-likeness (QED) is 0.558. The summed E-state index contributed by atoms with van der Waals surface area (Å²) in [5, 5.41) is 6.37. The van der Waals surface area contributed by atoms with E-state index in [1.54, 1.807) is 10.9 Å². The van der Waals surface area contributed by atoms with Crippen molar-refractivity contribution in [2.45, 2.75) is 19.4 Å². The maximum atomic E-state index is 11.7. The number of aromatic amines is 1. The first-order valence-corrected chi connectivity index (χ1v) is 3.91. The van der Waals surface area contributed by atoms with Crippen molar-refractivity contribution in [1.29, 1.82) is 0 Å². The second-order valence-corrected chi connectivity index (χ2v) is 2.64. The van der Waals surface area contributed by atoms with Crippen LogP contribution >= 0.6 is 12.2 Å². The van der Waals surface area contributed by atoms with Crippen LogP contribution in [0.2, 0.25) is 0 Å². The average molecular weight is 175 g/mol. The summed E-state index contributed by atoms with van der Waals surface area (Å²) < 4.78 is 14.1. The fourth-order valence-electron chi connectivity index (χ4n) is 0.806. The van der Waals surface area contributed by atoms with Crippen molar-refractivity contribution in [2.75, 3.05) is 6.67 Å². The van der Waals surface area contributed by atoms with E-state index in [1.165, 1.54) is 0 Å². The maximum Gasteiger partial charge on any atom is 0.194 e. The fourth-order valence-corrected chi connectivity index (χ4v) is 0.997. The number of unbranched alkanes of at least 4 members (excludes halogenated alkanes) is 1. The Morgan fingerprint density at radius 1 is 1.64 bits per heavy atom. The predicted molar refractivity (Wildman–Crippen MR) is 42.6 cm³/mol. The molecular weight excluding hydrogens is 165 g/mol. The van der Waals surface area contributed by atoms with Gasteiger partial charge in [-0.25, -0.2) is 0 Å². The molecule has 1 rings (SSSR count). The number of alkyl halides is 1. The van der Waals surface area contributed by atoms with Gasteiger partial charge in [-0.2, -0.15) is 5.10 Å². The van der Waals surface area contributed by atoms with Crippen LogP contribution in [0.1, 0.15) is 12.8 Å². The number of aromatic nitrogens is 3. The Labute approximate surface area is 69.2 Å². The van der Waals surface area contributed by atoms with Crippen LogP contribution in [-0.2, 0) is 6.54 Å². The van der Waals surface area contributed by atoms with E-state index in [-0.39, 0.29) is 6.67 Å². The molecule has 1 heterocycles. The fraction of sp³-hybridized carbons (Fsp3) is 0.667. The van der Waals surface area contributed by atoms with E-state index in [2.05, 4.69) is 10.2 Å². The molecule has 0 unspecified atom stereocenters. The second-order valence-electron chi connectivity index (χ2n) is 2.25. The van der Waals surface area contributed by atoms with Crippen LogP contribution in [0.3, 0.4) is 0 Å². The van der Waals surface area contributed by atoms with Crippen molar-refractivity contribution < 1.29 is 4.39 Å². The normalized spacial score (nSPS) is 10.3. The minimum absolute atomic E-state index is 0.259. The van der Waals surface area contributed by atoms with Crippen molar-refractivity contribution in [1.82, 2.24) is 14.8 Å². The third kappa shape index (κ3) is 2.42. The Morgan fingerprint density at radius 2 is 2.45 bits per heavy atom. The van der Waals surface area contributed by atoms with Gasteiger partial charge in [0.1, 0.15) is 6.33 Å². The van der Waals surface area contributed by atoms with Crippen LogP contribution in [0, 0.1) is 4.77 Å². The second kappa shape index (κ2) is 4.23. The van der Waals surface area contributed by atoms with E-state index in [0.29, 0.717) is 11.2 Å². The van der Waals surface area contributed by atoms with E-state index in [4.69, 9.17) is 12.2 Å². The van der Waals surface area contributed by atoms with E-state index in [9.17, 15) is 4.39 Å². The number of rotatable bonds is 4. The lowest BCUT2D eigenvalue weighted by Gasteiger charge is -1.97. The van der Waals surface area contributed by atoms with Gasteiger partial charge in [0.2, 0.25) is 0 Å². The topological polar surface area (TPSA) is 33.6 Å². The third-order valence-electron chi connectivity index (χ3n) is 1.40. The summed E-state index contributed by atoms with van der Waals surface area (Å²) >= 11 is 4.89. The van der Waals surface area contributed by atoms with Crippen molar-refractivity contribution in [3.05, 3.63) is 11.1 Å². The van der Waals surface area contributed by atoms with Crippen LogP contribution in [0.25, 0.3) is 0 Å². The SMILES string of the molecule is FCCCCn1cn[nH]c1=S. The lowest BCUT2D eigenvalue weighted by molar-refractivity contribution is 0.446. The van der Waals surface area contributed by atoms with E-state index in [1.807, 2.05) is 0 Å². The number of nitrogens with zero attached hydrogens (tertiary/aromatic N) is 2. The average Bonchev–Trinajstić information content (AvgIpc) is 2.37. The molecule has 0 radical (unpaired) electrons. The lowest BCUT2D eigenvalue weighted by Crippen LogP contribution is -1.96. The molecule has 1 aromatic heterocycles. The van der Waals surface area contributed by atoms with Crippen molar-refractivity contribution >= 4 is 12.2 Å². The molecule has 0 spiro atoms. The molecule has 3 nitrogen and oxygen atoms in total. The monoisotopic (exact) mass is 175 g/mol. The molecule has 0 aromatic carbocycles. The Hall–Kier alpha value is -0.710. The van der Waals surface area contributed by atoms with Crippen LogP contribution in [0.5, 0.6) is 0 Å². The molecule has 0 aliphatic rings. The summed E-state index contributed by atoms with van der Waals surface area (Å²) in [6.45, 7) is 0.491. The summed E-state index contributed by atoms with van der Waals surface area (Å²) in [5.74, 6) is 0. The van der Waals surface area contributed by atoms with Gasteiger partial charge in [-0.15, -0.1) is 0 Å². The van der Waals surface area contributed by atoms with Gasteiger partial charge in [0, 0.05) is 6.54 Å². The van der Waals surface area contributed by atoms with Crippen LogP contribution in [0.15, 0.2) is 6.33 Å². The lowest BCUT2D eigenvalue weighted by atomic mass is 10.3. The number of halogens is 1. The zero-order valence-electron chi connectivity index (χ0n) is 6.09. The van der Waals surface area contributed by atoms with Crippen molar-refractivity contribution in [2.24, 2.45) is 0 Å². The first-order valence-electron chi connectivity index (χ1n) is 3.50. The number of aryl methyl sites for hydroxylation is 1. The first-order chi connectivity index (χ1) is 5.34. The highest BCUT2D eigenvalue weighted by Crippen LogP contribution is 1.95. The van der Waals surface area contributed by atoms with Crippen LogP contribution < -0.4 is 0 Å². The van der Waals surface area contributed by atoms with Crippen LogP contribution in [-0.4, -0.2) is 21.4 Å². The number of nitrogens with one attached hydrogen (secondary N) is 1. The molecule has 0 fully saturated rings. The maximum absolute atomic E-state index is 11.7. The van der Waals surface area contributed by atoms with E-state index < -0.39 is 0 Å². The molecule has 0 amide bonds. The Balaban J connectivity index is 2.39. The molecule has 5 heteroatoms. The van der Waals surface area contributed by atoms with Crippen molar-refractivity contribution in [3.63, 3.8) is 0 Å². The van der Waals surface area contributed by atoms with Gasteiger partial charge in [0.05, 0.1) is 6.67 Å². The van der Waals surface area contributed by atoms with Gasteiger partial charge < -0.3 is 4.57 Å². The molecule has 0 bridgehead atoms. The number of hydrogen-bond donors (Lipinski definition) is 1. The Kier molecular flexibility index (Phi) is 3.22. The number of hydrogen-bond acceptors (Lipinski definition) is 2. The summed E-state index contributed by atoms with van der Waals surface area (Å²) in [5.41, 5.74) is 0. The minimum Gasteiger partial charge on any atom is -0.307 e. The highest BCUT2D eigenvalue weighted by atomic mass is 32.1. The largest absolute Gasteiger partial charge is 0.307 e. The predicted octanol–water partition coefficient (Wildman–Crippen LogP) is 1.69. The molecule has 0 atom stereocenters. The molecule has 0 aliphatic carbocycles. The molecule has 1 aromatic rings. The smallest absolute Gasteiger partial charge is 0.194 e. The van der Waals surface area contributed by atoms with Gasteiger partial charge >= 0.3 is 0 Å². The van der Waals surface area contributed by atoms with Gasteiger partial charge in [-0.1, -0.05) is 0 Å². The minimum atomic E-state index is -0.259. The first kappa shape index (κ1) is 8.39. The summed E-state index contributed by atoms with van der Waals surface area (Å²) in [4.78, 5) is 0. The third-order valence-corrected chi connectivity index (χ3v) is 1.73.